The van der Waals surface area contributed by atoms with Gasteiger partial charge in [0, 0.05) is 22.6 Å². The minimum absolute atomic E-state index is 0.280. The highest BCUT2D eigenvalue weighted by Gasteiger charge is 2.25. The molecule has 1 atom stereocenters. The molecule has 0 aliphatic heterocycles. The number of benzene rings is 11. The second kappa shape index (κ2) is 17.1. The third-order valence-corrected chi connectivity index (χ3v) is 14.2. The summed E-state index contributed by atoms with van der Waals surface area (Å²) < 4.78 is 0. The first-order chi connectivity index (χ1) is 34.2. The molecule has 69 heavy (non-hydrogen) atoms. The fraction of sp³-hybridized carbons (Fsp3) is 0.0455. The van der Waals surface area contributed by atoms with Gasteiger partial charge in [-0.1, -0.05) is 224 Å². The third-order valence-electron chi connectivity index (χ3n) is 14.2. The van der Waals surface area contributed by atoms with E-state index in [9.17, 15) is 0 Å². The summed E-state index contributed by atoms with van der Waals surface area (Å²) in [6.07, 6.45) is 2.09. The van der Waals surface area contributed by atoms with Crippen molar-refractivity contribution in [2.24, 2.45) is 0 Å². The van der Waals surface area contributed by atoms with Crippen LogP contribution in [0.15, 0.2) is 243 Å². The van der Waals surface area contributed by atoms with Gasteiger partial charge in [0.2, 0.25) is 0 Å². The van der Waals surface area contributed by atoms with Crippen LogP contribution >= 0.6 is 0 Å². The third kappa shape index (κ3) is 7.37. The molecule has 0 bridgehead atoms. The summed E-state index contributed by atoms with van der Waals surface area (Å²) in [4.78, 5) is 15.0. The van der Waals surface area contributed by atoms with Crippen molar-refractivity contribution in [2.75, 3.05) is 0 Å². The Bertz CT molecular complexity index is 3820. The zero-order valence-electron chi connectivity index (χ0n) is 37.9. The van der Waals surface area contributed by atoms with E-state index >= 15 is 0 Å². The maximum Gasteiger partial charge on any atom is 0.164 e. The zero-order chi connectivity index (χ0) is 45.7. The number of nitrogens with zero attached hydrogens (tertiary/aromatic N) is 3. The number of aryl methyl sites for hydroxylation is 1. The lowest BCUT2D eigenvalue weighted by molar-refractivity contribution is 0.726. The van der Waals surface area contributed by atoms with Crippen LogP contribution in [0.25, 0.3) is 111 Å². The van der Waals surface area contributed by atoms with Gasteiger partial charge in [-0.05, 0) is 125 Å². The van der Waals surface area contributed by atoms with E-state index in [1.54, 1.807) is 0 Å². The standard InChI is InChI=1S/C66H45N3/c1-4-16-43(17-5-1)44-30-32-46(33-31-44)54-37-34-45-18-10-11-25-53(45)61-42-51(36-38-58(54)61)55-28-15-29-59-56-26-12-13-27-57(56)62-41-50(35-39-60(62)63(55)59)49-23-14-24-52(40-49)66-68-64(47-19-6-2-7-20-47)67-65(69-66)48-21-8-3-9-22-48/h1-33,35-36,38-42,54H,34,37H2. The summed E-state index contributed by atoms with van der Waals surface area (Å²) >= 11 is 0. The molecule has 0 spiro atoms. The van der Waals surface area contributed by atoms with Gasteiger partial charge in [0.1, 0.15) is 0 Å². The number of fused-ring (bicyclic) bond motifs is 9. The Balaban J connectivity index is 0.938. The van der Waals surface area contributed by atoms with Crippen molar-refractivity contribution in [3.8, 4) is 78.7 Å². The summed E-state index contributed by atoms with van der Waals surface area (Å²) in [6.45, 7) is 0. The second-order valence-electron chi connectivity index (χ2n) is 18.2. The van der Waals surface area contributed by atoms with Gasteiger partial charge in [-0.2, -0.15) is 0 Å². The van der Waals surface area contributed by atoms with E-state index in [4.69, 9.17) is 15.0 Å². The molecule has 0 amide bonds. The van der Waals surface area contributed by atoms with E-state index < -0.39 is 0 Å². The SMILES string of the molecule is c1ccc(-c2ccc(C3CCc4ccccc4-c4cc(-c5cccc6c7ccccc7c7cc(-c8cccc(-c9nc(-c%10ccccc%10)nc(-c%10ccccc%10)n9)c8)ccc7c56)ccc43)cc2)cc1. The van der Waals surface area contributed by atoms with Crippen LogP contribution in [-0.2, 0) is 6.42 Å². The van der Waals surface area contributed by atoms with Crippen molar-refractivity contribution in [1.82, 2.24) is 15.0 Å². The molecule has 1 aromatic heterocycles. The first-order valence-corrected chi connectivity index (χ1v) is 23.9. The summed E-state index contributed by atoms with van der Waals surface area (Å²) in [6, 6.07) is 88.0. The number of hydrogen-bond acceptors (Lipinski definition) is 3. The van der Waals surface area contributed by atoms with Crippen LogP contribution in [0.2, 0.25) is 0 Å². The molecule has 3 nitrogen and oxygen atoms in total. The molecule has 324 valence electrons. The average Bonchev–Trinajstić information content (AvgIpc) is 3.60. The molecule has 0 N–H and O–H groups in total. The van der Waals surface area contributed by atoms with Crippen LogP contribution in [-0.4, -0.2) is 15.0 Å². The lowest BCUT2D eigenvalue weighted by Gasteiger charge is -2.21. The normalized spacial score (nSPS) is 13.2. The van der Waals surface area contributed by atoms with Gasteiger partial charge in [0.25, 0.3) is 0 Å². The van der Waals surface area contributed by atoms with E-state index in [0.29, 0.717) is 17.5 Å². The Labute approximate surface area is 402 Å². The highest BCUT2D eigenvalue weighted by molar-refractivity contribution is 6.29. The van der Waals surface area contributed by atoms with Gasteiger partial charge in [0.05, 0.1) is 0 Å². The minimum atomic E-state index is 0.280. The number of hydrogen-bond donors (Lipinski definition) is 0. The first-order valence-electron chi connectivity index (χ1n) is 23.9. The molecule has 1 aliphatic rings. The maximum atomic E-state index is 5.05. The fourth-order valence-corrected chi connectivity index (χ4v) is 10.8. The van der Waals surface area contributed by atoms with Crippen molar-refractivity contribution in [1.29, 1.82) is 0 Å². The minimum Gasteiger partial charge on any atom is -0.208 e. The summed E-state index contributed by atoms with van der Waals surface area (Å²) in [5.74, 6) is 2.22. The monoisotopic (exact) mass is 879 g/mol. The smallest absolute Gasteiger partial charge is 0.164 e. The van der Waals surface area contributed by atoms with Gasteiger partial charge in [-0.3, -0.25) is 0 Å². The molecule has 12 aromatic rings. The molecule has 0 fully saturated rings. The quantitative estimate of drug-likeness (QED) is 0.150. The Hall–Kier alpha value is -8.79. The molecule has 0 saturated carbocycles. The lowest BCUT2D eigenvalue weighted by atomic mass is 9.83. The van der Waals surface area contributed by atoms with Crippen LogP contribution in [0, 0.1) is 0 Å². The summed E-state index contributed by atoms with van der Waals surface area (Å²) in [7, 11) is 0. The second-order valence-corrected chi connectivity index (χ2v) is 18.2. The summed E-state index contributed by atoms with van der Waals surface area (Å²) in [5, 5.41) is 7.49. The lowest BCUT2D eigenvalue weighted by Crippen LogP contribution is -2.02. The van der Waals surface area contributed by atoms with Crippen molar-refractivity contribution in [2.45, 2.75) is 18.8 Å². The fourth-order valence-electron chi connectivity index (χ4n) is 10.8. The van der Waals surface area contributed by atoms with Crippen molar-refractivity contribution in [3.63, 3.8) is 0 Å². The molecule has 1 unspecified atom stereocenters. The largest absolute Gasteiger partial charge is 0.208 e. The molecular formula is C66H45N3. The number of aromatic nitrogens is 3. The number of rotatable bonds is 7. The van der Waals surface area contributed by atoms with Gasteiger partial charge < -0.3 is 0 Å². The summed E-state index contributed by atoms with van der Waals surface area (Å²) in [5.41, 5.74) is 16.9. The van der Waals surface area contributed by atoms with Crippen LogP contribution in [0.5, 0.6) is 0 Å². The molecular weight excluding hydrogens is 835 g/mol. The molecule has 0 saturated heterocycles. The topological polar surface area (TPSA) is 38.7 Å². The molecule has 1 heterocycles. The maximum absolute atomic E-state index is 5.05. The van der Waals surface area contributed by atoms with Crippen LogP contribution in [0.3, 0.4) is 0 Å². The van der Waals surface area contributed by atoms with E-state index in [1.165, 1.54) is 82.4 Å². The van der Waals surface area contributed by atoms with Gasteiger partial charge in [-0.15, -0.1) is 0 Å². The van der Waals surface area contributed by atoms with Gasteiger partial charge in [0.15, 0.2) is 17.5 Å². The van der Waals surface area contributed by atoms with Crippen LogP contribution < -0.4 is 0 Å². The Morgan fingerprint density at radius 2 is 0.783 bits per heavy atom. The Morgan fingerprint density at radius 1 is 0.290 bits per heavy atom. The Kier molecular flexibility index (Phi) is 10.1. The predicted molar refractivity (Wildman–Crippen MR) is 287 cm³/mol. The van der Waals surface area contributed by atoms with Crippen molar-refractivity contribution in [3.05, 3.63) is 259 Å². The molecule has 11 aromatic carbocycles. The van der Waals surface area contributed by atoms with Crippen molar-refractivity contribution < 1.29 is 0 Å². The highest BCUT2D eigenvalue weighted by Crippen LogP contribution is 2.46. The molecule has 13 rings (SSSR count). The van der Waals surface area contributed by atoms with E-state index in [-0.39, 0.29) is 5.92 Å². The average molecular weight is 880 g/mol. The van der Waals surface area contributed by atoms with Gasteiger partial charge in [-0.25, -0.2) is 15.0 Å². The van der Waals surface area contributed by atoms with E-state index in [1.807, 2.05) is 60.7 Å². The molecule has 1 aliphatic carbocycles. The first kappa shape index (κ1) is 40.5. The zero-order valence-corrected chi connectivity index (χ0v) is 37.9. The van der Waals surface area contributed by atoms with E-state index in [0.717, 1.165) is 40.7 Å². The Morgan fingerprint density at radius 3 is 1.51 bits per heavy atom. The van der Waals surface area contributed by atoms with Crippen LogP contribution in [0.1, 0.15) is 29.0 Å². The van der Waals surface area contributed by atoms with Crippen molar-refractivity contribution >= 4 is 32.3 Å². The molecule has 3 heteroatoms. The van der Waals surface area contributed by atoms with Crippen LogP contribution in [0.4, 0.5) is 0 Å². The van der Waals surface area contributed by atoms with Gasteiger partial charge >= 0.3 is 0 Å². The highest BCUT2D eigenvalue weighted by atomic mass is 15.0. The van der Waals surface area contributed by atoms with E-state index in [2.05, 4.69) is 182 Å². The predicted octanol–water partition coefficient (Wildman–Crippen LogP) is 17.1. The molecule has 0 radical (unpaired) electrons.